The van der Waals surface area contributed by atoms with Gasteiger partial charge in [-0.05, 0) is 44.4 Å². The maximum atomic E-state index is 12.5. The van der Waals surface area contributed by atoms with Gasteiger partial charge in [0.25, 0.3) is 5.69 Å². The molecule has 1 aromatic rings. The molecule has 7 heteroatoms. The SMILES string of the molecule is C=CCN(C(=O)OCc1ccc([N+](=O)[O-])cc1)C1CCN(C(C)C)CC1. The van der Waals surface area contributed by atoms with Gasteiger partial charge in [0.05, 0.1) is 4.92 Å². The fraction of sp³-hybridized carbons (Fsp3) is 0.526. The van der Waals surface area contributed by atoms with Crippen LogP contribution in [0.2, 0.25) is 0 Å². The number of rotatable bonds is 7. The fourth-order valence-electron chi connectivity index (χ4n) is 3.17. The van der Waals surface area contributed by atoms with Crippen LogP contribution in [0, 0.1) is 10.1 Å². The number of carbonyl (C=O) groups is 1. The molecule has 0 saturated carbocycles. The van der Waals surface area contributed by atoms with Crippen molar-refractivity contribution in [1.82, 2.24) is 9.80 Å². The van der Waals surface area contributed by atoms with E-state index >= 15 is 0 Å². The first-order valence-corrected chi connectivity index (χ1v) is 8.94. The summed E-state index contributed by atoms with van der Waals surface area (Å²) in [5, 5.41) is 10.7. The van der Waals surface area contributed by atoms with Gasteiger partial charge in [-0.2, -0.15) is 0 Å². The molecule has 0 radical (unpaired) electrons. The largest absolute Gasteiger partial charge is 0.445 e. The molecule has 2 rings (SSSR count). The highest BCUT2D eigenvalue weighted by Gasteiger charge is 2.28. The zero-order chi connectivity index (χ0) is 19.1. The van der Waals surface area contributed by atoms with Crippen molar-refractivity contribution in [2.75, 3.05) is 19.6 Å². The summed E-state index contributed by atoms with van der Waals surface area (Å²) >= 11 is 0. The Labute approximate surface area is 154 Å². The Hall–Kier alpha value is -2.41. The molecule has 0 spiro atoms. The summed E-state index contributed by atoms with van der Waals surface area (Å²) in [6, 6.07) is 6.68. The lowest BCUT2D eigenvalue weighted by Gasteiger charge is -2.39. The molecule has 1 amide bonds. The van der Waals surface area contributed by atoms with Crippen LogP contribution in [0.1, 0.15) is 32.3 Å². The highest BCUT2D eigenvalue weighted by Crippen LogP contribution is 2.20. The van der Waals surface area contributed by atoms with E-state index in [0.29, 0.717) is 12.6 Å². The van der Waals surface area contributed by atoms with E-state index in [9.17, 15) is 14.9 Å². The molecule has 0 unspecified atom stereocenters. The second-order valence-electron chi connectivity index (χ2n) is 6.78. The topological polar surface area (TPSA) is 75.9 Å². The van der Waals surface area contributed by atoms with Gasteiger partial charge in [0.15, 0.2) is 0 Å². The molecule has 1 fully saturated rings. The van der Waals surface area contributed by atoms with Crippen molar-refractivity contribution in [2.24, 2.45) is 0 Å². The molecule has 7 nitrogen and oxygen atoms in total. The number of piperidine rings is 1. The molecule has 0 aromatic heterocycles. The van der Waals surface area contributed by atoms with E-state index in [1.807, 2.05) is 0 Å². The first-order chi connectivity index (χ1) is 12.4. The first-order valence-electron chi connectivity index (χ1n) is 8.94. The molecular formula is C19H27N3O4. The summed E-state index contributed by atoms with van der Waals surface area (Å²) in [7, 11) is 0. The number of hydrogen-bond acceptors (Lipinski definition) is 5. The number of amides is 1. The number of benzene rings is 1. The van der Waals surface area contributed by atoms with Gasteiger partial charge in [0.1, 0.15) is 6.61 Å². The lowest BCUT2D eigenvalue weighted by molar-refractivity contribution is -0.384. The molecule has 26 heavy (non-hydrogen) atoms. The van der Waals surface area contributed by atoms with Gasteiger partial charge in [-0.15, -0.1) is 6.58 Å². The van der Waals surface area contributed by atoms with Crippen LogP contribution in [0.25, 0.3) is 0 Å². The second kappa shape index (κ2) is 9.33. The Bertz CT molecular complexity index is 622. The van der Waals surface area contributed by atoms with Crippen molar-refractivity contribution in [3.05, 3.63) is 52.6 Å². The van der Waals surface area contributed by atoms with Crippen molar-refractivity contribution >= 4 is 11.8 Å². The minimum absolute atomic E-state index is 0.0188. The lowest BCUT2D eigenvalue weighted by atomic mass is 10.0. The van der Waals surface area contributed by atoms with Crippen molar-refractivity contribution in [1.29, 1.82) is 0 Å². The maximum Gasteiger partial charge on any atom is 0.410 e. The predicted molar refractivity (Wildman–Crippen MR) is 99.9 cm³/mol. The van der Waals surface area contributed by atoms with E-state index in [4.69, 9.17) is 4.74 Å². The standard InChI is InChI=1S/C19H27N3O4/c1-4-11-21(17-9-12-20(13-10-17)15(2)3)19(23)26-14-16-5-7-18(8-6-16)22(24)25/h4-8,15,17H,1,9-14H2,2-3H3. The number of hydrogen-bond donors (Lipinski definition) is 0. The van der Waals surface area contributed by atoms with Crippen molar-refractivity contribution in [3.63, 3.8) is 0 Å². The zero-order valence-electron chi connectivity index (χ0n) is 15.5. The van der Waals surface area contributed by atoms with Crippen molar-refractivity contribution in [3.8, 4) is 0 Å². The average molecular weight is 361 g/mol. The number of nitro groups is 1. The molecule has 1 aliphatic heterocycles. The van der Waals surface area contributed by atoms with Crippen LogP contribution in [0.4, 0.5) is 10.5 Å². The third-order valence-corrected chi connectivity index (χ3v) is 4.74. The number of nitrogens with zero attached hydrogens (tertiary/aromatic N) is 3. The van der Waals surface area contributed by atoms with Gasteiger partial charge >= 0.3 is 6.09 Å². The minimum Gasteiger partial charge on any atom is -0.445 e. The molecule has 0 aliphatic carbocycles. The number of non-ortho nitro benzene ring substituents is 1. The van der Waals surface area contributed by atoms with Crippen LogP contribution < -0.4 is 0 Å². The average Bonchev–Trinajstić information content (AvgIpc) is 2.64. The van der Waals surface area contributed by atoms with Gasteiger partial charge in [-0.25, -0.2) is 4.79 Å². The van der Waals surface area contributed by atoms with Gasteiger partial charge in [-0.1, -0.05) is 6.08 Å². The monoisotopic (exact) mass is 361 g/mol. The van der Waals surface area contributed by atoms with Crippen LogP contribution in [-0.4, -0.2) is 52.5 Å². The molecule has 1 heterocycles. The molecule has 1 aromatic carbocycles. The van der Waals surface area contributed by atoms with Gasteiger partial charge in [-0.3, -0.25) is 10.1 Å². The smallest absolute Gasteiger partial charge is 0.410 e. The highest BCUT2D eigenvalue weighted by molar-refractivity contribution is 5.68. The van der Waals surface area contributed by atoms with Gasteiger partial charge in [0.2, 0.25) is 0 Å². The Morgan fingerprint density at radius 3 is 2.50 bits per heavy atom. The third-order valence-electron chi connectivity index (χ3n) is 4.74. The fourth-order valence-corrected chi connectivity index (χ4v) is 3.17. The highest BCUT2D eigenvalue weighted by atomic mass is 16.6. The minimum atomic E-state index is -0.453. The molecule has 0 N–H and O–H groups in total. The number of ether oxygens (including phenoxy) is 1. The summed E-state index contributed by atoms with van der Waals surface area (Å²) in [5.41, 5.74) is 0.738. The van der Waals surface area contributed by atoms with Crippen LogP contribution >= 0.6 is 0 Å². The van der Waals surface area contributed by atoms with Crippen molar-refractivity contribution in [2.45, 2.75) is 45.4 Å². The number of carbonyl (C=O) groups excluding carboxylic acids is 1. The van der Waals surface area contributed by atoms with Crippen molar-refractivity contribution < 1.29 is 14.5 Å². The number of likely N-dealkylation sites (tertiary alicyclic amines) is 1. The second-order valence-corrected chi connectivity index (χ2v) is 6.78. The quantitative estimate of drug-likeness (QED) is 0.421. The summed E-state index contributed by atoms with van der Waals surface area (Å²) in [6.07, 6.45) is 3.17. The van der Waals surface area contributed by atoms with E-state index in [0.717, 1.165) is 31.5 Å². The van der Waals surface area contributed by atoms with Crippen LogP contribution in [0.15, 0.2) is 36.9 Å². The molecular weight excluding hydrogens is 334 g/mol. The summed E-state index contributed by atoms with van der Waals surface area (Å²) < 4.78 is 5.43. The van der Waals surface area contributed by atoms with E-state index in [1.165, 1.54) is 12.1 Å². The number of nitro benzene ring substituents is 1. The molecule has 0 atom stereocenters. The summed E-state index contributed by atoms with van der Waals surface area (Å²) in [5.74, 6) is 0. The zero-order valence-corrected chi connectivity index (χ0v) is 15.5. The van der Waals surface area contributed by atoms with E-state index in [1.54, 1.807) is 23.1 Å². The molecule has 142 valence electrons. The predicted octanol–water partition coefficient (Wildman–Crippen LogP) is 3.59. The van der Waals surface area contributed by atoms with Crippen LogP contribution in [-0.2, 0) is 11.3 Å². The molecule has 0 bridgehead atoms. The van der Waals surface area contributed by atoms with E-state index < -0.39 is 4.92 Å². The Morgan fingerprint density at radius 2 is 2.00 bits per heavy atom. The Morgan fingerprint density at radius 1 is 1.38 bits per heavy atom. The van der Waals surface area contributed by atoms with Crippen LogP contribution in [0.5, 0.6) is 0 Å². The van der Waals surface area contributed by atoms with E-state index in [-0.39, 0.29) is 24.4 Å². The van der Waals surface area contributed by atoms with E-state index in [2.05, 4.69) is 25.3 Å². The molecule has 1 saturated heterocycles. The summed E-state index contributed by atoms with van der Waals surface area (Å²) in [6.45, 7) is 10.6. The van der Waals surface area contributed by atoms with Gasteiger partial charge in [0, 0.05) is 43.9 Å². The lowest BCUT2D eigenvalue weighted by Crippen LogP contribution is -2.49. The Balaban J connectivity index is 1.91. The Kier molecular flexibility index (Phi) is 7.15. The molecule has 1 aliphatic rings. The van der Waals surface area contributed by atoms with Crippen LogP contribution in [0.3, 0.4) is 0 Å². The van der Waals surface area contributed by atoms with Gasteiger partial charge < -0.3 is 14.5 Å². The summed E-state index contributed by atoms with van der Waals surface area (Å²) in [4.78, 5) is 26.9. The third kappa shape index (κ3) is 5.29. The normalized spacial score (nSPS) is 15.7. The maximum absolute atomic E-state index is 12.5. The first kappa shape index (κ1) is 19.9.